The number of fused-ring (bicyclic) bond motifs is 1. The predicted molar refractivity (Wildman–Crippen MR) is 71.6 cm³/mol. The molecule has 3 rings (SSSR count). The zero-order chi connectivity index (χ0) is 12.2. The Morgan fingerprint density at radius 3 is 3.17 bits per heavy atom. The lowest BCUT2D eigenvalue weighted by atomic mass is 10.4. The SMILES string of the molecule is c1cnn(CCCNCc2cn3ccsc3n2)c1. The third-order valence-corrected chi connectivity index (χ3v) is 3.52. The maximum atomic E-state index is 4.52. The van der Waals surface area contributed by atoms with E-state index in [0.717, 1.165) is 36.7 Å². The van der Waals surface area contributed by atoms with Gasteiger partial charge in [-0.05, 0) is 19.0 Å². The molecule has 0 bridgehead atoms. The molecule has 3 aromatic heterocycles. The van der Waals surface area contributed by atoms with E-state index >= 15 is 0 Å². The van der Waals surface area contributed by atoms with Crippen molar-refractivity contribution in [3.05, 3.63) is 41.9 Å². The van der Waals surface area contributed by atoms with Gasteiger partial charge in [-0.1, -0.05) is 0 Å². The van der Waals surface area contributed by atoms with Crippen LogP contribution < -0.4 is 5.32 Å². The van der Waals surface area contributed by atoms with Gasteiger partial charge in [-0.2, -0.15) is 5.10 Å². The number of hydrogen-bond acceptors (Lipinski definition) is 4. The van der Waals surface area contributed by atoms with E-state index in [4.69, 9.17) is 0 Å². The number of imidazole rings is 1. The Morgan fingerprint density at radius 2 is 2.33 bits per heavy atom. The van der Waals surface area contributed by atoms with Gasteiger partial charge in [-0.25, -0.2) is 4.98 Å². The Balaban J connectivity index is 1.40. The molecule has 0 atom stereocenters. The Kier molecular flexibility index (Phi) is 3.38. The molecule has 18 heavy (non-hydrogen) atoms. The molecular formula is C12H15N5S. The quantitative estimate of drug-likeness (QED) is 0.688. The first-order valence-corrected chi connectivity index (χ1v) is 6.89. The number of nitrogens with zero attached hydrogens (tertiary/aromatic N) is 4. The highest BCUT2D eigenvalue weighted by atomic mass is 32.1. The van der Waals surface area contributed by atoms with Crippen molar-refractivity contribution in [1.82, 2.24) is 24.5 Å². The largest absolute Gasteiger partial charge is 0.311 e. The second kappa shape index (κ2) is 5.32. The molecule has 0 unspecified atom stereocenters. The lowest BCUT2D eigenvalue weighted by molar-refractivity contribution is 0.541. The van der Waals surface area contributed by atoms with Gasteiger partial charge in [0.25, 0.3) is 0 Å². The molecule has 0 aliphatic heterocycles. The van der Waals surface area contributed by atoms with Crippen LogP contribution in [0.25, 0.3) is 4.96 Å². The van der Waals surface area contributed by atoms with E-state index in [2.05, 4.69) is 26.0 Å². The third-order valence-electron chi connectivity index (χ3n) is 2.75. The molecule has 5 nitrogen and oxygen atoms in total. The van der Waals surface area contributed by atoms with Gasteiger partial charge in [0, 0.05) is 43.3 Å². The van der Waals surface area contributed by atoms with Gasteiger partial charge < -0.3 is 5.32 Å². The van der Waals surface area contributed by atoms with Crippen molar-refractivity contribution in [2.24, 2.45) is 0 Å². The van der Waals surface area contributed by atoms with Crippen LogP contribution in [0.5, 0.6) is 0 Å². The van der Waals surface area contributed by atoms with Crippen molar-refractivity contribution in [3.8, 4) is 0 Å². The summed E-state index contributed by atoms with van der Waals surface area (Å²) < 4.78 is 4.01. The van der Waals surface area contributed by atoms with Gasteiger partial charge in [0.2, 0.25) is 0 Å². The van der Waals surface area contributed by atoms with Crippen molar-refractivity contribution in [2.75, 3.05) is 6.54 Å². The fourth-order valence-electron chi connectivity index (χ4n) is 1.88. The summed E-state index contributed by atoms with van der Waals surface area (Å²) in [7, 11) is 0. The molecule has 0 fully saturated rings. The molecule has 0 saturated heterocycles. The second-order valence-electron chi connectivity index (χ2n) is 4.12. The first-order chi connectivity index (χ1) is 8.92. The number of aryl methyl sites for hydroxylation is 1. The second-order valence-corrected chi connectivity index (χ2v) is 5.00. The average Bonchev–Trinajstić information content (AvgIpc) is 3.03. The molecule has 1 N–H and O–H groups in total. The predicted octanol–water partition coefficient (Wildman–Crippen LogP) is 1.77. The van der Waals surface area contributed by atoms with Crippen LogP contribution in [0, 0.1) is 0 Å². The zero-order valence-corrected chi connectivity index (χ0v) is 10.8. The van der Waals surface area contributed by atoms with Gasteiger partial charge in [-0.15, -0.1) is 11.3 Å². The van der Waals surface area contributed by atoms with Crippen LogP contribution in [0.3, 0.4) is 0 Å². The first-order valence-electron chi connectivity index (χ1n) is 6.01. The molecular weight excluding hydrogens is 246 g/mol. The summed E-state index contributed by atoms with van der Waals surface area (Å²) in [5, 5.41) is 9.62. The lowest BCUT2D eigenvalue weighted by Crippen LogP contribution is -2.16. The Labute approximate surface area is 109 Å². The summed E-state index contributed by atoms with van der Waals surface area (Å²) in [5.41, 5.74) is 1.10. The minimum atomic E-state index is 0.827. The van der Waals surface area contributed by atoms with E-state index in [9.17, 15) is 0 Å². The minimum Gasteiger partial charge on any atom is -0.311 e. The highest BCUT2D eigenvalue weighted by molar-refractivity contribution is 7.15. The molecule has 94 valence electrons. The average molecular weight is 261 g/mol. The van der Waals surface area contributed by atoms with Crippen molar-refractivity contribution < 1.29 is 0 Å². The van der Waals surface area contributed by atoms with Crippen molar-refractivity contribution in [1.29, 1.82) is 0 Å². The van der Waals surface area contributed by atoms with Crippen molar-refractivity contribution in [2.45, 2.75) is 19.5 Å². The standard InChI is InChI=1S/C12H15N5S/c1(5-17-6-2-4-14-17)3-13-9-11-10-16-7-8-18-12(16)15-11/h2,4,6-8,10,13H,1,3,5,9H2. The highest BCUT2D eigenvalue weighted by Gasteiger charge is 2.01. The molecule has 0 aromatic carbocycles. The van der Waals surface area contributed by atoms with Gasteiger partial charge in [0.15, 0.2) is 4.96 Å². The Bertz CT molecular complexity index is 566. The van der Waals surface area contributed by atoms with Crippen LogP contribution in [0.15, 0.2) is 36.2 Å². The van der Waals surface area contributed by atoms with Crippen LogP contribution in [0.1, 0.15) is 12.1 Å². The van der Waals surface area contributed by atoms with Crippen molar-refractivity contribution >= 4 is 16.3 Å². The van der Waals surface area contributed by atoms with E-state index in [-0.39, 0.29) is 0 Å². The minimum absolute atomic E-state index is 0.827. The third kappa shape index (κ3) is 2.60. The van der Waals surface area contributed by atoms with Crippen LogP contribution in [0.2, 0.25) is 0 Å². The van der Waals surface area contributed by atoms with Gasteiger partial charge >= 0.3 is 0 Å². The van der Waals surface area contributed by atoms with E-state index < -0.39 is 0 Å². The molecule has 6 heteroatoms. The van der Waals surface area contributed by atoms with Crippen LogP contribution in [-0.2, 0) is 13.1 Å². The highest BCUT2D eigenvalue weighted by Crippen LogP contribution is 2.10. The number of hydrogen-bond donors (Lipinski definition) is 1. The number of aromatic nitrogens is 4. The van der Waals surface area contributed by atoms with Crippen LogP contribution >= 0.6 is 11.3 Å². The topological polar surface area (TPSA) is 47.2 Å². The molecule has 0 saturated carbocycles. The fraction of sp³-hybridized carbons (Fsp3) is 0.333. The molecule has 0 spiro atoms. The molecule has 3 aromatic rings. The van der Waals surface area contributed by atoms with E-state index in [1.54, 1.807) is 11.3 Å². The molecule has 0 aliphatic carbocycles. The van der Waals surface area contributed by atoms with Crippen molar-refractivity contribution in [3.63, 3.8) is 0 Å². The van der Waals surface area contributed by atoms with Gasteiger partial charge in [-0.3, -0.25) is 9.08 Å². The fourth-order valence-corrected chi connectivity index (χ4v) is 2.60. The van der Waals surface area contributed by atoms with Gasteiger partial charge in [0.05, 0.1) is 5.69 Å². The summed E-state index contributed by atoms with van der Waals surface area (Å²) in [4.78, 5) is 5.58. The summed E-state index contributed by atoms with van der Waals surface area (Å²) >= 11 is 1.66. The Hall–Kier alpha value is -1.66. The summed E-state index contributed by atoms with van der Waals surface area (Å²) in [6.45, 7) is 2.76. The molecule has 0 aliphatic rings. The summed E-state index contributed by atoms with van der Waals surface area (Å²) in [6.07, 6.45) is 8.99. The van der Waals surface area contributed by atoms with E-state index in [0.29, 0.717) is 0 Å². The van der Waals surface area contributed by atoms with Crippen LogP contribution in [-0.4, -0.2) is 25.7 Å². The summed E-state index contributed by atoms with van der Waals surface area (Å²) in [6, 6.07) is 1.95. The zero-order valence-electron chi connectivity index (χ0n) is 9.99. The smallest absolute Gasteiger partial charge is 0.193 e. The first kappa shape index (κ1) is 11.4. The maximum Gasteiger partial charge on any atom is 0.193 e. The van der Waals surface area contributed by atoms with E-state index in [1.165, 1.54) is 0 Å². The van der Waals surface area contributed by atoms with Gasteiger partial charge in [0.1, 0.15) is 0 Å². The number of thiazole rings is 1. The van der Waals surface area contributed by atoms with Crippen LogP contribution in [0.4, 0.5) is 0 Å². The Morgan fingerprint density at radius 1 is 1.33 bits per heavy atom. The monoisotopic (exact) mass is 261 g/mol. The number of nitrogens with one attached hydrogen (secondary N) is 1. The maximum absolute atomic E-state index is 4.52. The lowest BCUT2D eigenvalue weighted by Gasteiger charge is -2.03. The molecule has 0 radical (unpaired) electrons. The molecule has 3 heterocycles. The number of rotatable bonds is 6. The summed E-state index contributed by atoms with van der Waals surface area (Å²) in [5.74, 6) is 0. The molecule has 0 amide bonds. The normalized spacial score (nSPS) is 11.3. The van der Waals surface area contributed by atoms with E-state index in [1.807, 2.05) is 34.7 Å².